The molecule has 0 bridgehead atoms. The zero-order valence-electron chi connectivity index (χ0n) is 11.4. The van der Waals surface area contributed by atoms with Gasteiger partial charge in [-0.05, 0) is 38.5 Å². The van der Waals surface area contributed by atoms with Crippen LogP contribution in [0.4, 0.5) is 5.69 Å². The van der Waals surface area contributed by atoms with Gasteiger partial charge in [-0.15, -0.1) is 0 Å². The van der Waals surface area contributed by atoms with Gasteiger partial charge in [-0.3, -0.25) is 0 Å². The summed E-state index contributed by atoms with van der Waals surface area (Å²) in [6, 6.07) is 8.45. The van der Waals surface area contributed by atoms with E-state index in [1.54, 1.807) is 0 Å². The predicted octanol–water partition coefficient (Wildman–Crippen LogP) is 2.40. The molecule has 1 aromatic rings. The van der Waals surface area contributed by atoms with Gasteiger partial charge in [-0.25, -0.2) is 0 Å². The molecule has 5 heteroatoms. The highest BCUT2D eigenvalue weighted by Gasteiger charge is 2.40. The van der Waals surface area contributed by atoms with Crippen LogP contribution in [0.15, 0.2) is 24.3 Å². The average Bonchev–Trinajstić information content (AvgIpc) is 2.33. The molecule has 0 aromatic heterocycles. The maximum absolute atomic E-state index is 5.81. The van der Waals surface area contributed by atoms with Crippen LogP contribution in [0.5, 0.6) is 0 Å². The van der Waals surface area contributed by atoms with E-state index in [0.29, 0.717) is 25.9 Å². The standard InChI is InChI=1S/C13H23NO3Si/c1-4-15-18(16-5-2,17-6-3)11-12-7-9-13(14)10-8-12/h7-10H,4-6,11,14H2,1-3H3. The van der Waals surface area contributed by atoms with Gasteiger partial charge in [0.25, 0.3) is 0 Å². The molecule has 0 aliphatic heterocycles. The number of hydrogen-bond donors (Lipinski definition) is 1. The molecule has 0 saturated carbocycles. The average molecular weight is 269 g/mol. The highest BCUT2D eigenvalue weighted by molar-refractivity contribution is 6.60. The Labute approximate surface area is 110 Å². The maximum Gasteiger partial charge on any atom is 0.505 e. The van der Waals surface area contributed by atoms with Gasteiger partial charge in [0.1, 0.15) is 0 Å². The van der Waals surface area contributed by atoms with Gasteiger partial charge >= 0.3 is 8.80 Å². The Bertz CT molecular complexity index is 326. The fourth-order valence-electron chi connectivity index (χ4n) is 1.82. The van der Waals surface area contributed by atoms with Gasteiger partial charge in [0.15, 0.2) is 0 Å². The van der Waals surface area contributed by atoms with E-state index in [1.807, 2.05) is 45.0 Å². The van der Waals surface area contributed by atoms with Crippen LogP contribution in [0.3, 0.4) is 0 Å². The van der Waals surface area contributed by atoms with Gasteiger partial charge in [0, 0.05) is 31.6 Å². The summed E-state index contributed by atoms with van der Waals surface area (Å²) >= 11 is 0. The SMILES string of the molecule is CCO[Si](Cc1ccc(N)cc1)(OCC)OCC. The molecular weight excluding hydrogens is 246 g/mol. The molecule has 18 heavy (non-hydrogen) atoms. The van der Waals surface area contributed by atoms with Gasteiger partial charge in [-0.1, -0.05) is 12.1 Å². The molecule has 0 saturated heterocycles. The summed E-state index contributed by atoms with van der Waals surface area (Å²) in [5.41, 5.74) is 7.57. The number of nitrogens with two attached hydrogens (primary N) is 1. The van der Waals surface area contributed by atoms with Crippen molar-refractivity contribution >= 4 is 14.5 Å². The van der Waals surface area contributed by atoms with Crippen molar-refractivity contribution in [2.45, 2.75) is 26.8 Å². The van der Waals surface area contributed by atoms with Gasteiger partial charge in [0.2, 0.25) is 0 Å². The lowest BCUT2D eigenvalue weighted by atomic mass is 10.2. The zero-order valence-corrected chi connectivity index (χ0v) is 12.4. The van der Waals surface area contributed by atoms with E-state index in [1.165, 1.54) is 0 Å². The number of nitrogen functional groups attached to an aromatic ring is 1. The monoisotopic (exact) mass is 269 g/mol. The van der Waals surface area contributed by atoms with Crippen LogP contribution < -0.4 is 5.73 Å². The molecule has 1 rings (SSSR count). The van der Waals surface area contributed by atoms with E-state index in [9.17, 15) is 0 Å². The summed E-state index contributed by atoms with van der Waals surface area (Å²) in [5, 5.41) is 0. The first-order valence-electron chi connectivity index (χ1n) is 6.42. The Kier molecular flexibility index (Phi) is 6.35. The van der Waals surface area contributed by atoms with Gasteiger partial charge in [0.05, 0.1) is 0 Å². The first-order chi connectivity index (χ1) is 8.65. The second-order valence-electron chi connectivity index (χ2n) is 3.90. The van der Waals surface area contributed by atoms with Crippen LogP contribution in [-0.4, -0.2) is 28.6 Å². The van der Waals surface area contributed by atoms with Crippen molar-refractivity contribution in [1.82, 2.24) is 0 Å². The molecule has 2 N–H and O–H groups in total. The highest BCUT2D eigenvalue weighted by Crippen LogP contribution is 2.18. The van der Waals surface area contributed by atoms with Crippen molar-refractivity contribution in [3.8, 4) is 0 Å². The topological polar surface area (TPSA) is 53.7 Å². The maximum atomic E-state index is 5.81. The quantitative estimate of drug-likeness (QED) is 0.581. The number of rotatable bonds is 8. The van der Waals surface area contributed by atoms with Crippen LogP contribution in [0.25, 0.3) is 0 Å². The van der Waals surface area contributed by atoms with Crippen LogP contribution in [0.1, 0.15) is 26.3 Å². The minimum absolute atomic E-state index is 0.598. The van der Waals surface area contributed by atoms with Crippen LogP contribution in [0, 0.1) is 0 Å². The number of anilines is 1. The lowest BCUT2D eigenvalue weighted by Gasteiger charge is -2.28. The van der Waals surface area contributed by atoms with E-state index in [2.05, 4.69) is 0 Å². The van der Waals surface area contributed by atoms with Crippen molar-refractivity contribution in [2.24, 2.45) is 0 Å². The number of benzene rings is 1. The molecule has 0 unspecified atom stereocenters. The summed E-state index contributed by atoms with van der Waals surface area (Å²) in [6.07, 6.45) is 0. The Morgan fingerprint density at radius 2 is 1.33 bits per heavy atom. The largest absolute Gasteiger partial charge is 0.505 e. The van der Waals surface area contributed by atoms with E-state index < -0.39 is 8.80 Å². The molecule has 102 valence electrons. The predicted molar refractivity (Wildman–Crippen MR) is 75.2 cm³/mol. The summed E-state index contributed by atoms with van der Waals surface area (Å²) in [7, 11) is -2.59. The first-order valence-corrected chi connectivity index (χ1v) is 8.35. The smallest absolute Gasteiger partial charge is 0.399 e. The summed E-state index contributed by atoms with van der Waals surface area (Å²) in [5.74, 6) is 0. The minimum atomic E-state index is -2.59. The summed E-state index contributed by atoms with van der Waals surface area (Å²) in [6.45, 7) is 7.68. The lowest BCUT2D eigenvalue weighted by molar-refractivity contribution is 0.0704. The molecule has 1 aromatic carbocycles. The lowest BCUT2D eigenvalue weighted by Crippen LogP contribution is -2.48. The second kappa shape index (κ2) is 7.53. The third kappa shape index (κ3) is 4.42. The molecule has 0 heterocycles. The van der Waals surface area contributed by atoms with Crippen LogP contribution >= 0.6 is 0 Å². The Morgan fingerprint density at radius 3 is 1.72 bits per heavy atom. The molecule has 0 spiro atoms. The molecular formula is C13H23NO3Si. The highest BCUT2D eigenvalue weighted by atomic mass is 28.4. The molecule has 4 nitrogen and oxygen atoms in total. The van der Waals surface area contributed by atoms with Gasteiger partial charge < -0.3 is 19.0 Å². The molecule has 0 atom stereocenters. The summed E-state index contributed by atoms with van der Waals surface area (Å²) in [4.78, 5) is 0. The van der Waals surface area contributed by atoms with Crippen molar-refractivity contribution in [3.05, 3.63) is 29.8 Å². The molecule has 0 amide bonds. The van der Waals surface area contributed by atoms with Crippen LogP contribution in [0.2, 0.25) is 0 Å². The fraction of sp³-hybridized carbons (Fsp3) is 0.538. The normalized spacial score (nSPS) is 11.7. The molecule has 0 aliphatic carbocycles. The minimum Gasteiger partial charge on any atom is -0.399 e. The molecule has 0 radical (unpaired) electrons. The number of hydrogen-bond acceptors (Lipinski definition) is 4. The van der Waals surface area contributed by atoms with Crippen molar-refractivity contribution in [1.29, 1.82) is 0 Å². The van der Waals surface area contributed by atoms with E-state index in [4.69, 9.17) is 19.0 Å². The first kappa shape index (κ1) is 15.2. The third-order valence-corrected chi connectivity index (χ3v) is 5.52. The fourth-order valence-corrected chi connectivity index (χ4v) is 4.43. The summed E-state index contributed by atoms with van der Waals surface area (Å²) < 4.78 is 17.4. The Morgan fingerprint density at radius 1 is 0.889 bits per heavy atom. The van der Waals surface area contributed by atoms with E-state index in [-0.39, 0.29) is 0 Å². The van der Waals surface area contributed by atoms with Crippen molar-refractivity contribution in [2.75, 3.05) is 25.6 Å². The molecule has 0 aliphatic rings. The van der Waals surface area contributed by atoms with Crippen LogP contribution in [-0.2, 0) is 19.3 Å². The third-order valence-electron chi connectivity index (χ3n) is 2.49. The zero-order chi connectivity index (χ0) is 13.4. The Balaban J connectivity index is 2.84. The van der Waals surface area contributed by atoms with Gasteiger partial charge in [-0.2, -0.15) is 0 Å². The van der Waals surface area contributed by atoms with Crippen molar-refractivity contribution in [3.63, 3.8) is 0 Å². The Hall–Kier alpha value is -0.883. The molecule has 0 fully saturated rings. The van der Waals surface area contributed by atoms with E-state index >= 15 is 0 Å². The second-order valence-corrected chi connectivity index (χ2v) is 6.49. The van der Waals surface area contributed by atoms with E-state index in [0.717, 1.165) is 11.3 Å². The van der Waals surface area contributed by atoms with Crippen molar-refractivity contribution < 1.29 is 13.3 Å².